The fraction of sp³-hybridized carbons (Fsp3) is 0.0714. The van der Waals surface area contributed by atoms with Crippen LogP contribution in [-0.4, -0.2) is 25.6 Å². The Balaban J connectivity index is 2.16. The highest BCUT2D eigenvalue weighted by Gasteiger charge is 2.15. The van der Waals surface area contributed by atoms with Gasteiger partial charge in [-0.2, -0.15) is 0 Å². The predicted octanol–water partition coefficient (Wildman–Crippen LogP) is 2.56. The molecule has 0 aliphatic carbocycles. The maximum absolute atomic E-state index is 10.9. The molecular formula is C14H13N3O2. The van der Waals surface area contributed by atoms with Gasteiger partial charge < -0.3 is 19.6 Å². The van der Waals surface area contributed by atoms with Gasteiger partial charge in [0, 0.05) is 29.8 Å². The number of aliphatic carboxylic acids is 1. The number of hydrogen-bond acceptors (Lipinski definition) is 1. The molecule has 5 nitrogen and oxygen atoms in total. The molecule has 3 aromatic rings. The van der Waals surface area contributed by atoms with E-state index in [2.05, 4.69) is 9.97 Å². The summed E-state index contributed by atoms with van der Waals surface area (Å²) in [7, 11) is 0. The highest BCUT2D eigenvalue weighted by molar-refractivity contribution is 5.80. The molecule has 0 unspecified atom stereocenters. The molecule has 0 radical (unpaired) electrons. The Hall–Kier alpha value is -2.69. The van der Waals surface area contributed by atoms with Gasteiger partial charge in [0.05, 0.1) is 11.4 Å². The molecule has 0 atom stereocenters. The van der Waals surface area contributed by atoms with E-state index in [4.69, 9.17) is 5.11 Å². The first kappa shape index (κ1) is 11.4. The third kappa shape index (κ3) is 2.06. The fourth-order valence-corrected chi connectivity index (χ4v) is 2.24. The molecule has 0 amide bonds. The Morgan fingerprint density at radius 1 is 1.11 bits per heavy atom. The van der Waals surface area contributed by atoms with Crippen molar-refractivity contribution < 1.29 is 9.90 Å². The number of aromatic amines is 2. The summed E-state index contributed by atoms with van der Waals surface area (Å²) in [6, 6.07) is 9.63. The first-order valence-corrected chi connectivity index (χ1v) is 5.94. The van der Waals surface area contributed by atoms with E-state index in [9.17, 15) is 4.79 Å². The molecule has 0 saturated carbocycles. The van der Waals surface area contributed by atoms with Crippen molar-refractivity contribution in [2.24, 2.45) is 0 Å². The molecule has 0 saturated heterocycles. The number of carboxylic acids is 1. The summed E-state index contributed by atoms with van der Waals surface area (Å²) in [5.74, 6) is -0.860. The van der Waals surface area contributed by atoms with Crippen LogP contribution in [0.25, 0.3) is 22.6 Å². The van der Waals surface area contributed by atoms with Gasteiger partial charge in [0.2, 0.25) is 0 Å². The predicted molar refractivity (Wildman–Crippen MR) is 71.6 cm³/mol. The summed E-state index contributed by atoms with van der Waals surface area (Å²) in [5.41, 5.74) is 3.72. The van der Waals surface area contributed by atoms with Crippen LogP contribution in [-0.2, 0) is 11.3 Å². The molecule has 5 heteroatoms. The molecular weight excluding hydrogens is 242 g/mol. The lowest BCUT2D eigenvalue weighted by molar-refractivity contribution is -0.137. The Bertz CT molecular complexity index is 678. The standard InChI is InChI=1S/C14H13N3O2/c18-13(19)9-17-8-5-10(11-3-1-6-15-11)14(17)12-4-2-7-16-12/h1-8,15-16H,9H2,(H,18,19). The number of carbonyl (C=O) groups is 1. The van der Waals surface area contributed by atoms with Gasteiger partial charge in [-0.05, 0) is 30.3 Å². The molecule has 19 heavy (non-hydrogen) atoms. The summed E-state index contributed by atoms with van der Waals surface area (Å²) in [6.07, 6.45) is 5.47. The zero-order chi connectivity index (χ0) is 13.2. The van der Waals surface area contributed by atoms with Gasteiger partial charge in [0.15, 0.2) is 0 Å². The second-order valence-electron chi connectivity index (χ2n) is 4.27. The maximum Gasteiger partial charge on any atom is 0.323 e. The van der Waals surface area contributed by atoms with Gasteiger partial charge in [-0.15, -0.1) is 0 Å². The quantitative estimate of drug-likeness (QED) is 0.670. The number of carboxylic acid groups (broad SMARTS) is 1. The highest BCUT2D eigenvalue weighted by atomic mass is 16.4. The average Bonchev–Trinajstić information content (AvgIpc) is 3.08. The maximum atomic E-state index is 10.9. The van der Waals surface area contributed by atoms with E-state index in [1.807, 2.05) is 42.7 Å². The molecule has 0 aromatic carbocycles. The minimum absolute atomic E-state index is 0.0605. The van der Waals surface area contributed by atoms with Gasteiger partial charge in [-0.25, -0.2) is 0 Å². The van der Waals surface area contributed by atoms with Crippen LogP contribution in [0.3, 0.4) is 0 Å². The normalized spacial score (nSPS) is 10.7. The Morgan fingerprint density at radius 3 is 2.37 bits per heavy atom. The van der Waals surface area contributed by atoms with Crippen LogP contribution in [0.4, 0.5) is 0 Å². The van der Waals surface area contributed by atoms with Crippen LogP contribution in [0.1, 0.15) is 0 Å². The van der Waals surface area contributed by atoms with Crippen molar-refractivity contribution in [2.75, 3.05) is 0 Å². The summed E-state index contributed by atoms with van der Waals surface area (Å²) < 4.78 is 1.73. The number of H-pyrrole nitrogens is 2. The number of aromatic nitrogens is 3. The van der Waals surface area contributed by atoms with Gasteiger partial charge in [-0.1, -0.05) is 0 Å². The Labute approximate surface area is 109 Å². The SMILES string of the molecule is O=C(O)Cn1ccc(-c2ccc[nH]2)c1-c1ccc[nH]1. The van der Waals surface area contributed by atoms with Crippen LogP contribution in [0.2, 0.25) is 0 Å². The van der Waals surface area contributed by atoms with Gasteiger partial charge in [0.25, 0.3) is 0 Å². The summed E-state index contributed by atoms with van der Waals surface area (Å²) in [4.78, 5) is 17.2. The van der Waals surface area contributed by atoms with Crippen molar-refractivity contribution in [3.63, 3.8) is 0 Å². The summed E-state index contributed by atoms with van der Waals surface area (Å²) in [6.45, 7) is -0.0605. The fourth-order valence-electron chi connectivity index (χ4n) is 2.24. The van der Waals surface area contributed by atoms with Crippen LogP contribution in [0, 0.1) is 0 Å². The molecule has 0 spiro atoms. The van der Waals surface area contributed by atoms with Crippen LogP contribution < -0.4 is 0 Å². The molecule has 0 aliphatic rings. The van der Waals surface area contributed by atoms with E-state index < -0.39 is 5.97 Å². The first-order chi connectivity index (χ1) is 9.25. The average molecular weight is 255 g/mol. The van der Waals surface area contributed by atoms with Crippen molar-refractivity contribution in [3.05, 3.63) is 48.9 Å². The van der Waals surface area contributed by atoms with E-state index in [0.717, 1.165) is 22.6 Å². The van der Waals surface area contributed by atoms with Crippen molar-refractivity contribution >= 4 is 5.97 Å². The molecule has 0 bridgehead atoms. The lowest BCUT2D eigenvalue weighted by Crippen LogP contribution is -2.09. The Kier molecular flexibility index (Phi) is 2.72. The van der Waals surface area contributed by atoms with Gasteiger partial charge in [-0.3, -0.25) is 4.79 Å². The van der Waals surface area contributed by atoms with Crippen molar-refractivity contribution in [1.82, 2.24) is 14.5 Å². The molecule has 0 fully saturated rings. The van der Waals surface area contributed by atoms with E-state index in [-0.39, 0.29) is 6.54 Å². The first-order valence-electron chi connectivity index (χ1n) is 5.94. The minimum atomic E-state index is -0.860. The van der Waals surface area contributed by atoms with Crippen molar-refractivity contribution in [1.29, 1.82) is 0 Å². The van der Waals surface area contributed by atoms with Crippen LogP contribution in [0.15, 0.2) is 48.9 Å². The lowest BCUT2D eigenvalue weighted by Gasteiger charge is -2.07. The zero-order valence-corrected chi connectivity index (χ0v) is 10.1. The van der Waals surface area contributed by atoms with Crippen molar-refractivity contribution in [3.8, 4) is 22.6 Å². The Morgan fingerprint density at radius 2 is 1.79 bits per heavy atom. The third-order valence-electron chi connectivity index (χ3n) is 3.01. The minimum Gasteiger partial charge on any atom is -0.480 e. The van der Waals surface area contributed by atoms with E-state index >= 15 is 0 Å². The molecule has 3 aromatic heterocycles. The van der Waals surface area contributed by atoms with Gasteiger partial charge in [0.1, 0.15) is 6.54 Å². The number of nitrogens with zero attached hydrogens (tertiary/aromatic N) is 1. The number of rotatable bonds is 4. The zero-order valence-electron chi connectivity index (χ0n) is 10.1. The second kappa shape index (κ2) is 4.53. The van der Waals surface area contributed by atoms with E-state index in [1.165, 1.54) is 0 Å². The number of nitrogens with one attached hydrogen (secondary N) is 2. The largest absolute Gasteiger partial charge is 0.480 e. The third-order valence-corrected chi connectivity index (χ3v) is 3.01. The van der Waals surface area contributed by atoms with Gasteiger partial charge >= 0.3 is 5.97 Å². The molecule has 3 N–H and O–H groups in total. The topological polar surface area (TPSA) is 73.8 Å². The molecule has 3 heterocycles. The second-order valence-corrected chi connectivity index (χ2v) is 4.27. The molecule has 3 rings (SSSR count). The van der Waals surface area contributed by atoms with Crippen molar-refractivity contribution in [2.45, 2.75) is 6.54 Å². The monoisotopic (exact) mass is 255 g/mol. The van der Waals surface area contributed by atoms with Crippen LogP contribution >= 0.6 is 0 Å². The molecule has 0 aliphatic heterocycles. The highest BCUT2D eigenvalue weighted by Crippen LogP contribution is 2.31. The summed E-state index contributed by atoms with van der Waals surface area (Å²) >= 11 is 0. The lowest BCUT2D eigenvalue weighted by atomic mass is 10.1. The van der Waals surface area contributed by atoms with E-state index in [1.54, 1.807) is 10.8 Å². The molecule has 96 valence electrons. The smallest absolute Gasteiger partial charge is 0.323 e. The van der Waals surface area contributed by atoms with E-state index in [0.29, 0.717) is 0 Å². The summed E-state index contributed by atoms with van der Waals surface area (Å²) in [5, 5.41) is 8.99. The number of hydrogen-bond donors (Lipinski definition) is 3. The van der Waals surface area contributed by atoms with Crippen LogP contribution in [0.5, 0.6) is 0 Å².